The molecule has 8 heteroatoms. The third kappa shape index (κ3) is 9.54. The van der Waals surface area contributed by atoms with Gasteiger partial charge in [-0.1, -0.05) is 37.3 Å². The summed E-state index contributed by atoms with van der Waals surface area (Å²) in [5.74, 6) is 0.166. The van der Waals surface area contributed by atoms with Gasteiger partial charge in [-0.05, 0) is 91.4 Å². The van der Waals surface area contributed by atoms with E-state index in [2.05, 4.69) is 46.0 Å². The molecule has 2 aromatic carbocycles. The molecule has 1 atom stereocenters. The highest BCUT2D eigenvalue weighted by atomic mass is 32.1. The fourth-order valence-electron chi connectivity index (χ4n) is 5.42. The van der Waals surface area contributed by atoms with Crippen LogP contribution in [-0.4, -0.2) is 48.4 Å². The molecule has 218 valence electrons. The van der Waals surface area contributed by atoms with Crippen molar-refractivity contribution in [3.63, 3.8) is 0 Å². The van der Waals surface area contributed by atoms with Gasteiger partial charge in [-0.25, -0.2) is 0 Å². The van der Waals surface area contributed by atoms with Crippen molar-refractivity contribution in [1.29, 1.82) is 0 Å². The van der Waals surface area contributed by atoms with Gasteiger partial charge in [0.25, 0.3) is 0 Å². The van der Waals surface area contributed by atoms with Gasteiger partial charge in [-0.15, -0.1) is 11.3 Å². The normalized spacial score (nSPS) is 14.4. The average Bonchev–Trinajstić information content (AvgIpc) is 3.48. The lowest BCUT2D eigenvalue weighted by molar-refractivity contribution is -0.134. The predicted molar refractivity (Wildman–Crippen MR) is 164 cm³/mol. The van der Waals surface area contributed by atoms with Gasteiger partial charge in [0.15, 0.2) is 0 Å². The molecule has 1 unspecified atom stereocenters. The fourth-order valence-corrected chi connectivity index (χ4v) is 6.12. The number of ether oxygens (including phenoxy) is 1. The number of rotatable bonds is 14. The molecule has 4 rings (SSSR count). The minimum absolute atomic E-state index is 0.107. The van der Waals surface area contributed by atoms with Gasteiger partial charge < -0.3 is 15.4 Å². The molecule has 0 bridgehead atoms. The van der Waals surface area contributed by atoms with Crippen molar-refractivity contribution >= 4 is 34.8 Å². The lowest BCUT2D eigenvalue weighted by Crippen LogP contribution is -2.41. The molecule has 0 saturated heterocycles. The van der Waals surface area contributed by atoms with Crippen LogP contribution in [0.4, 0.5) is 5.69 Å². The van der Waals surface area contributed by atoms with Crippen molar-refractivity contribution in [2.24, 2.45) is 0 Å². The fraction of sp³-hybridized carbons (Fsp3) is 0.424. The number of amides is 2. The van der Waals surface area contributed by atoms with E-state index in [0.29, 0.717) is 30.4 Å². The Bertz CT molecular complexity index is 1290. The number of nitrogens with one attached hydrogen (secondary N) is 2. The molecule has 41 heavy (non-hydrogen) atoms. The van der Waals surface area contributed by atoms with Gasteiger partial charge in [0.1, 0.15) is 5.75 Å². The molecule has 3 aromatic rings. The van der Waals surface area contributed by atoms with Crippen molar-refractivity contribution < 1.29 is 19.1 Å². The number of carbonyl (C=O) groups excluding carboxylic acids is 3. The van der Waals surface area contributed by atoms with E-state index in [1.165, 1.54) is 17.4 Å². The Kier molecular flexibility index (Phi) is 11.5. The van der Waals surface area contributed by atoms with E-state index in [-0.39, 0.29) is 30.6 Å². The molecule has 1 aliphatic rings. The third-order valence-corrected chi connectivity index (χ3v) is 8.34. The first-order valence-electron chi connectivity index (χ1n) is 14.6. The van der Waals surface area contributed by atoms with E-state index in [1.54, 1.807) is 12.1 Å². The number of benzene rings is 2. The number of thiophene rings is 1. The Morgan fingerprint density at radius 3 is 2.61 bits per heavy atom. The maximum Gasteiger partial charge on any atom is 0.311 e. The Labute approximate surface area is 247 Å². The molecule has 1 heterocycles. The standard InChI is InChI=1S/C33H41N3O4S/c1-3-19-36(20-17-29-8-6-21-41-29)28-15-16-30-26(23-28)7-4-9-31(30)40-33(39)10-5-18-34-32(38)22-25-11-13-27(14-12-25)35-24(2)37/h4,6-9,11-14,21,28H,3,5,10,15-20,22-23H2,1-2H3,(H,34,38)(H,35,37). The molecule has 0 radical (unpaired) electrons. The van der Waals surface area contributed by atoms with E-state index < -0.39 is 0 Å². The highest BCUT2D eigenvalue weighted by Gasteiger charge is 2.26. The number of hydrogen-bond acceptors (Lipinski definition) is 6. The lowest BCUT2D eigenvalue weighted by atomic mass is 9.86. The predicted octanol–water partition coefficient (Wildman–Crippen LogP) is 5.56. The van der Waals surface area contributed by atoms with E-state index in [4.69, 9.17) is 4.74 Å². The molecule has 0 saturated carbocycles. The minimum Gasteiger partial charge on any atom is -0.426 e. The van der Waals surface area contributed by atoms with E-state index in [1.807, 2.05) is 35.6 Å². The summed E-state index contributed by atoms with van der Waals surface area (Å²) in [5.41, 5.74) is 3.99. The molecule has 0 spiro atoms. The smallest absolute Gasteiger partial charge is 0.311 e. The number of fused-ring (bicyclic) bond motifs is 1. The SMILES string of the molecule is CCCN(CCc1cccs1)C1CCc2c(cccc2OC(=O)CCCNC(=O)Cc2ccc(NC(C)=O)cc2)C1. The van der Waals surface area contributed by atoms with E-state index in [9.17, 15) is 14.4 Å². The van der Waals surface area contributed by atoms with E-state index >= 15 is 0 Å². The number of nitrogens with zero attached hydrogens (tertiary/aromatic N) is 1. The first-order chi connectivity index (χ1) is 19.9. The second-order valence-corrected chi connectivity index (χ2v) is 11.7. The van der Waals surface area contributed by atoms with Crippen molar-refractivity contribution in [3.05, 3.63) is 81.5 Å². The van der Waals surface area contributed by atoms with E-state index in [0.717, 1.165) is 56.3 Å². The Morgan fingerprint density at radius 1 is 1.05 bits per heavy atom. The van der Waals surface area contributed by atoms with Crippen LogP contribution in [0.5, 0.6) is 5.75 Å². The first kappa shape index (κ1) is 30.5. The molecule has 1 aromatic heterocycles. The zero-order valence-corrected chi connectivity index (χ0v) is 24.9. The molecule has 1 aliphatic carbocycles. The third-order valence-electron chi connectivity index (χ3n) is 7.41. The first-order valence-corrected chi connectivity index (χ1v) is 15.5. The molecule has 0 fully saturated rings. The van der Waals surface area contributed by atoms with Crippen molar-refractivity contribution in [2.75, 3.05) is 25.0 Å². The summed E-state index contributed by atoms with van der Waals surface area (Å²) in [7, 11) is 0. The second kappa shape index (κ2) is 15.5. The topological polar surface area (TPSA) is 87.7 Å². The summed E-state index contributed by atoms with van der Waals surface area (Å²) in [6, 6.07) is 18.1. The molecule has 2 amide bonds. The number of hydrogen-bond donors (Lipinski definition) is 2. The quantitative estimate of drug-likeness (QED) is 0.149. The maximum atomic E-state index is 12.6. The van der Waals surface area contributed by atoms with Crippen LogP contribution in [-0.2, 0) is 40.1 Å². The van der Waals surface area contributed by atoms with Crippen LogP contribution in [0.1, 0.15) is 61.1 Å². The van der Waals surface area contributed by atoms with Gasteiger partial charge in [-0.3, -0.25) is 19.3 Å². The Balaban J connectivity index is 1.21. The summed E-state index contributed by atoms with van der Waals surface area (Å²) >= 11 is 1.83. The van der Waals surface area contributed by atoms with Crippen LogP contribution in [0.3, 0.4) is 0 Å². The molecular weight excluding hydrogens is 534 g/mol. The van der Waals surface area contributed by atoms with Crippen LogP contribution < -0.4 is 15.4 Å². The highest BCUT2D eigenvalue weighted by Crippen LogP contribution is 2.32. The molecule has 0 aliphatic heterocycles. The van der Waals surface area contributed by atoms with Gasteiger partial charge in [0, 0.05) is 43.0 Å². The van der Waals surface area contributed by atoms with Gasteiger partial charge in [0.05, 0.1) is 6.42 Å². The van der Waals surface area contributed by atoms with Crippen LogP contribution in [0, 0.1) is 0 Å². The summed E-state index contributed by atoms with van der Waals surface area (Å²) in [5, 5.41) is 7.73. The summed E-state index contributed by atoms with van der Waals surface area (Å²) < 4.78 is 5.80. The second-order valence-electron chi connectivity index (χ2n) is 10.6. The largest absolute Gasteiger partial charge is 0.426 e. The minimum atomic E-state index is -0.271. The lowest BCUT2D eigenvalue weighted by Gasteiger charge is -2.35. The Hall–Kier alpha value is -3.49. The van der Waals surface area contributed by atoms with Crippen LogP contribution in [0.25, 0.3) is 0 Å². The number of carbonyl (C=O) groups is 3. The van der Waals surface area contributed by atoms with Crippen LogP contribution >= 0.6 is 11.3 Å². The van der Waals surface area contributed by atoms with Gasteiger partial charge in [0.2, 0.25) is 11.8 Å². The Morgan fingerprint density at radius 2 is 1.88 bits per heavy atom. The summed E-state index contributed by atoms with van der Waals surface area (Å²) in [6.45, 7) is 6.28. The summed E-state index contributed by atoms with van der Waals surface area (Å²) in [6.07, 6.45) is 6.17. The van der Waals surface area contributed by atoms with Crippen LogP contribution in [0.15, 0.2) is 60.0 Å². The van der Waals surface area contributed by atoms with Crippen molar-refractivity contribution in [3.8, 4) is 5.75 Å². The van der Waals surface area contributed by atoms with Gasteiger partial charge in [-0.2, -0.15) is 0 Å². The maximum absolute atomic E-state index is 12.6. The van der Waals surface area contributed by atoms with Gasteiger partial charge >= 0.3 is 5.97 Å². The molecular formula is C33H41N3O4S. The van der Waals surface area contributed by atoms with Crippen LogP contribution in [0.2, 0.25) is 0 Å². The zero-order chi connectivity index (χ0) is 29.0. The highest BCUT2D eigenvalue weighted by molar-refractivity contribution is 7.09. The molecule has 2 N–H and O–H groups in total. The van der Waals surface area contributed by atoms with Crippen molar-refractivity contribution in [2.45, 2.75) is 71.3 Å². The number of anilines is 1. The molecule has 7 nitrogen and oxygen atoms in total. The number of esters is 1. The summed E-state index contributed by atoms with van der Waals surface area (Å²) in [4.78, 5) is 40.1. The monoisotopic (exact) mass is 575 g/mol. The average molecular weight is 576 g/mol. The zero-order valence-electron chi connectivity index (χ0n) is 24.1. The van der Waals surface area contributed by atoms with Crippen molar-refractivity contribution in [1.82, 2.24) is 10.2 Å².